The zero-order chi connectivity index (χ0) is 27.9. The second-order valence-corrected chi connectivity index (χ2v) is 9.49. The molecule has 12 heteroatoms. The molecule has 2 atom stereocenters. The lowest BCUT2D eigenvalue weighted by Gasteiger charge is -2.35. The van der Waals surface area contributed by atoms with Crippen molar-refractivity contribution in [3.05, 3.63) is 63.4 Å². The monoisotopic (exact) mass is 534 g/mol. The molecule has 2 aromatic heterocycles. The topological polar surface area (TPSA) is 180 Å². The number of nitrogens with two attached hydrogens (primary N) is 1. The van der Waals surface area contributed by atoms with Gasteiger partial charge in [-0.1, -0.05) is 25.1 Å². The van der Waals surface area contributed by atoms with E-state index >= 15 is 0 Å². The summed E-state index contributed by atoms with van der Waals surface area (Å²) >= 11 is 0. The van der Waals surface area contributed by atoms with E-state index in [9.17, 15) is 24.0 Å². The number of hydrogen-bond acceptors (Lipinski definition) is 9. The zero-order valence-electron chi connectivity index (χ0n) is 21.1. The van der Waals surface area contributed by atoms with Crippen LogP contribution in [0, 0.1) is 0 Å². The van der Waals surface area contributed by atoms with E-state index < -0.39 is 42.0 Å². The van der Waals surface area contributed by atoms with Gasteiger partial charge in [0.2, 0.25) is 11.5 Å². The number of nitrogens with zero attached hydrogens (tertiary/aromatic N) is 2. The molecule has 0 fully saturated rings. The second-order valence-electron chi connectivity index (χ2n) is 9.49. The van der Waals surface area contributed by atoms with E-state index in [-0.39, 0.29) is 42.6 Å². The van der Waals surface area contributed by atoms with Gasteiger partial charge in [-0.25, -0.2) is 9.78 Å². The van der Waals surface area contributed by atoms with E-state index in [2.05, 4.69) is 5.32 Å². The minimum atomic E-state index is -1.91. The number of hydrogen-bond donors (Lipinski definition) is 3. The molecular weight excluding hydrogens is 508 g/mol. The number of pyridine rings is 2. The Morgan fingerprint density at radius 1 is 1.26 bits per heavy atom. The molecule has 4 heterocycles. The molecule has 0 spiro atoms. The van der Waals surface area contributed by atoms with Crippen molar-refractivity contribution in [3.8, 4) is 11.4 Å². The van der Waals surface area contributed by atoms with E-state index in [1.807, 2.05) is 30.3 Å². The van der Waals surface area contributed by atoms with Gasteiger partial charge in [-0.05, 0) is 31.0 Å². The Bertz CT molecular complexity index is 1600. The number of carboxylic acid groups (broad SMARTS) is 1. The van der Waals surface area contributed by atoms with Crippen LogP contribution in [0.5, 0.6) is 0 Å². The van der Waals surface area contributed by atoms with Crippen LogP contribution in [0.25, 0.3) is 22.3 Å². The van der Waals surface area contributed by atoms with Crippen molar-refractivity contribution in [1.29, 1.82) is 0 Å². The maximum absolute atomic E-state index is 13.6. The highest BCUT2D eigenvalue weighted by Crippen LogP contribution is 2.40. The molecule has 1 unspecified atom stereocenters. The number of rotatable bonds is 8. The lowest BCUT2D eigenvalue weighted by Crippen LogP contribution is -2.49. The highest BCUT2D eigenvalue weighted by molar-refractivity contribution is 5.90. The fourth-order valence-electron chi connectivity index (χ4n) is 5.01. The van der Waals surface area contributed by atoms with E-state index in [1.165, 1.54) is 0 Å². The molecule has 2 aliphatic heterocycles. The highest BCUT2D eigenvalue weighted by Gasteiger charge is 2.50. The van der Waals surface area contributed by atoms with Gasteiger partial charge < -0.3 is 30.2 Å². The fraction of sp³-hybridized carbons (Fsp3) is 0.333. The van der Waals surface area contributed by atoms with Gasteiger partial charge in [-0.3, -0.25) is 19.2 Å². The lowest BCUT2D eigenvalue weighted by molar-refractivity contribution is -0.189. The Hall–Kier alpha value is -4.58. The van der Waals surface area contributed by atoms with Crippen LogP contribution in [0.2, 0.25) is 0 Å². The number of carbonyl (C=O) groups is 4. The number of fused-ring (bicyclic) bond motifs is 5. The van der Waals surface area contributed by atoms with E-state index in [0.717, 1.165) is 16.5 Å². The van der Waals surface area contributed by atoms with Gasteiger partial charge in [-0.15, -0.1) is 0 Å². The van der Waals surface area contributed by atoms with Crippen molar-refractivity contribution in [2.75, 3.05) is 6.54 Å². The van der Waals surface area contributed by atoms with Crippen LogP contribution in [0.15, 0.2) is 41.2 Å². The third-order valence-electron chi connectivity index (χ3n) is 7.09. The van der Waals surface area contributed by atoms with Crippen molar-refractivity contribution in [2.24, 2.45) is 5.73 Å². The number of carbonyl (C=O) groups excluding carboxylic acids is 3. The van der Waals surface area contributed by atoms with Crippen LogP contribution in [0.1, 0.15) is 42.9 Å². The van der Waals surface area contributed by atoms with Gasteiger partial charge in [0.05, 0.1) is 35.1 Å². The molecule has 0 saturated carbocycles. The summed E-state index contributed by atoms with van der Waals surface area (Å²) in [5.74, 6) is -3.63. The molecular formula is C27H26N4O8. The first kappa shape index (κ1) is 26.0. The number of nitrogens with one attached hydrogen (secondary N) is 1. The van der Waals surface area contributed by atoms with Crippen molar-refractivity contribution in [3.63, 3.8) is 0 Å². The number of benzene rings is 1. The first-order valence-corrected chi connectivity index (χ1v) is 12.4. The van der Waals surface area contributed by atoms with Crippen LogP contribution < -0.4 is 16.6 Å². The van der Waals surface area contributed by atoms with Crippen LogP contribution in [0.4, 0.5) is 0 Å². The third kappa shape index (κ3) is 4.52. The summed E-state index contributed by atoms with van der Waals surface area (Å²) < 4.78 is 12.5. The lowest BCUT2D eigenvalue weighted by atomic mass is 9.85. The van der Waals surface area contributed by atoms with E-state index in [4.69, 9.17) is 25.3 Å². The van der Waals surface area contributed by atoms with Gasteiger partial charge in [0.1, 0.15) is 13.2 Å². The first-order valence-electron chi connectivity index (χ1n) is 12.4. The standard InChI is InChI=1S/C27H26N4O8/c1-2-27(39-22(34)11-29-24(35)18(28)7-8-21(32)33)17-10-20-23-15(9-14-5-3-4-6-19(14)30-23)12-31(20)25(36)16(17)13-38-26(27)37/h3-6,9-10,18H,2,7-8,11-13,28H2,1H3,(H,29,35)(H,32,33)/t18?,27-/m0/s1. The number of esters is 2. The molecule has 12 nitrogen and oxygen atoms in total. The highest BCUT2D eigenvalue weighted by atomic mass is 16.6. The summed E-state index contributed by atoms with van der Waals surface area (Å²) in [5.41, 5.74) is 6.51. The molecule has 1 aromatic carbocycles. The third-order valence-corrected chi connectivity index (χ3v) is 7.09. The summed E-state index contributed by atoms with van der Waals surface area (Å²) in [6, 6.07) is 10.1. The van der Waals surface area contributed by atoms with Gasteiger partial charge in [0.25, 0.3) is 5.56 Å². The zero-order valence-corrected chi connectivity index (χ0v) is 21.1. The molecule has 0 saturated heterocycles. The maximum atomic E-state index is 13.6. The number of aliphatic carboxylic acids is 1. The Labute approximate surface area is 221 Å². The Balaban J connectivity index is 1.46. The van der Waals surface area contributed by atoms with Crippen molar-refractivity contribution in [1.82, 2.24) is 14.9 Å². The van der Waals surface area contributed by atoms with Gasteiger partial charge >= 0.3 is 17.9 Å². The normalized spacial score (nSPS) is 17.9. The smallest absolute Gasteiger partial charge is 0.355 e. The molecule has 0 aliphatic carbocycles. The molecule has 39 heavy (non-hydrogen) atoms. The van der Waals surface area contributed by atoms with Gasteiger partial charge in [-0.2, -0.15) is 0 Å². The minimum absolute atomic E-state index is 0.0302. The number of amides is 1. The van der Waals surface area contributed by atoms with Crippen LogP contribution in [-0.4, -0.2) is 51.1 Å². The fourth-order valence-corrected chi connectivity index (χ4v) is 5.01. The van der Waals surface area contributed by atoms with Crippen molar-refractivity contribution < 1.29 is 33.8 Å². The van der Waals surface area contributed by atoms with Crippen molar-refractivity contribution >= 4 is 34.7 Å². The number of cyclic esters (lactones) is 1. The number of para-hydroxylation sites is 1. The Morgan fingerprint density at radius 2 is 2.03 bits per heavy atom. The average Bonchev–Trinajstić information content (AvgIpc) is 3.28. The average molecular weight is 535 g/mol. The largest absolute Gasteiger partial charge is 0.481 e. The van der Waals surface area contributed by atoms with Crippen molar-refractivity contribution in [2.45, 2.75) is 51.0 Å². The first-order chi connectivity index (χ1) is 18.6. The molecule has 0 bridgehead atoms. The van der Waals surface area contributed by atoms with E-state index in [1.54, 1.807) is 17.6 Å². The molecule has 4 N–H and O–H groups in total. The van der Waals surface area contributed by atoms with Gasteiger partial charge in [0, 0.05) is 22.9 Å². The number of aromatic nitrogens is 2. The SMILES string of the molecule is CC[C@@]1(OC(=O)CNC(=O)C(N)CCC(=O)O)C(=O)OCc2c1cc1n(c2=O)Cc2cc3ccccc3nc2-1. The Morgan fingerprint density at radius 3 is 2.77 bits per heavy atom. The summed E-state index contributed by atoms with van der Waals surface area (Å²) in [7, 11) is 0. The number of ether oxygens (including phenoxy) is 2. The predicted molar refractivity (Wildman–Crippen MR) is 136 cm³/mol. The summed E-state index contributed by atoms with van der Waals surface area (Å²) in [6.45, 7) is 1.03. The van der Waals surface area contributed by atoms with Crippen LogP contribution in [-0.2, 0) is 47.4 Å². The molecule has 3 aromatic rings. The molecule has 202 valence electrons. The maximum Gasteiger partial charge on any atom is 0.355 e. The quantitative estimate of drug-likeness (QED) is 0.275. The molecule has 5 rings (SSSR count). The number of carboxylic acids is 1. The van der Waals surface area contributed by atoms with Crippen LogP contribution >= 0.6 is 0 Å². The summed E-state index contributed by atoms with van der Waals surface area (Å²) in [4.78, 5) is 67.1. The van der Waals surface area contributed by atoms with Gasteiger partial charge in [0.15, 0.2) is 0 Å². The molecule has 2 aliphatic rings. The Kier molecular flexibility index (Phi) is 6.64. The van der Waals surface area contributed by atoms with Crippen LogP contribution in [0.3, 0.4) is 0 Å². The molecule has 1 amide bonds. The summed E-state index contributed by atoms with van der Waals surface area (Å²) in [5, 5.41) is 12.0. The van der Waals surface area contributed by atoms with E-state index in [0.29, 0.717) is 17.9 Å². The predicted octanol–water partition coefficient (Wildman–Crippen LogP) is 0.939. The molecule has 0 radical (unpaired) electrons. The summed E-state index contributed by atoms with van der Waals surface area (Å²) in [6.07, 6.45) is -0.458. The second kappa shape index (κ2) is 9.95. The minimum Gasteiger partial charge on any atom is -0.481 e.